The molecule has 0 fully saturated rings. The molecule has 2 unspecified atom stereocenters. The Morgan fingerprint density at radius 3 is 2.78 bits per heavy atom. The predicted octanol–water partition coefficient (Wildman–Crippen LogP) is 1.40. The van der Waals surface area contributed by atoms with Crippen LogP contribution in [0.1, 0.15) is 27.2 Å². The summed E-state index contributed by atoms with van der Waals surface area (Å²) >= 11 is 0. The van der Waals surface area contributed by atoms with Gasteiger partial charge in [0.2, 0.25) is 5.91 Å². The molecule has 5 nitrogen and oxygen atoms in total. The summed E-state index contributed by atoms with van der Waals surface area (Å²) < 4.78 is 0. The molecule has 0 bridgehead atoms. The summed E-state index contributed by atoms with van der Waals surface area (Å²) in [5.41, 5.74) is 7.24. The largest absolute Gasteiger partial charge is 0.396 e. The highest BCUT2D eigenvalue weighted by molar-refractivity contribution is 5.86. The number of nitrogens with zero attached hydrogens (tertiary/aromatic N) is 2. The van der Waals surface area contributed by atoms with Crippen molar-refractivity contribution in [1.29, 1.82) is 0 Å². The minimum atomic E-state index is -0.274. The van der Waals surface area contributed by atoms with E-state index >= 15 is 0 Å². The fourth-order valence-corrected chi connectivity index (χ4v) is 1.57. The maximum absolute atomic E-state index is 12.0. The van der Waals surface area contributed by atoms with E-state index in [1.165, 1.54) is 0 Å². The van der Waals surface area contributed by atoms with Gasteiger partial charge in [-0.05, 0) is 26.3 Å². The molecule has 0 aliphatic carbocycles. The summed E-state index contributed by atoms with van der Waals surface area (Å²) in [7, 11) is 1.85. The van der Waals surface area contributed by atoms with Gasteiger partial charge in [-0.3, -0.25) is 9.78 Å². The molecule has 1 aromatic heterocycles. The van der Waals surface area contributed by atoms with Crippen LogP contribution in [0.25, 0.3) is 0 Å². The van der Waals surface area contributed by atoms with E-state index in [0.717, 1.165) is 12.1 Å². The number of hydrogen-bond acceptors (Lipinski definition) is 4. The molecule has 100 valence electrons. The highest BCUT2D eigenvalue weighted by atomic mass is 16.2. The van der Waals surface area contributed by atoms with Crippen LogP contribution in [0.2, 0.25) is 0 Å². The van der Waals surface area contributed by atoms with Gasteiger partial charge >= 0.3 is 0 Å². The minimum Gasteiger partial charge on any atom is -0.396 e. The summed E-state index contributed by atoms with van der Waals surface area (Å²) in [6, 6.07) is 1.72. The maximum atomic E-state index is 12.0. The van der Waals surface area contributed by atoms with Gasteiger partial charge in [-0.2, -0.15) is 0 Å². The second-order valence-corrected chi connectivity index (χ2v) is 4.54. The van der Waals surface area contributed by atoms with E-state index in [1.54, 1.807) is 12.4 Å². The van der Waals surface area contributed by atoms with Crippen LogP contribution in [0, 0.1) is 0 Å². The van der Waals surface area contributed by atoms with Gasteiger partial charge in [0.15, 0.2) is 0 Å². The molecule has 1 heterocycles. The molecule has 0 saturated carbocycles. The number of nitrogen functional groups attached to an aromatic ring is 1. The van der Waals surface area contributed by atoms with Gasteiger partial charge < -0.3 is 16.0 Å². The normalized spacial score (nSPS) is 13.8. The van der Waals surface area contributed by atoms with Gasteiger partial charge in [-0.15, -0.1) is 0 Å². The van der Waals surface area contributed by atoms with Crippen molar-refractivity contribution >= 4 is 17.3 Å². The van der Waals surface area contributed by atoms with Gasteiger partial charge in [0, 0.05) is 19.3 Å². The molecule has 18 heavy (non-hydrogen) atoms. The number of nitrogens with two attached hydrogens (primary N) is 1. The summed E-state index contributed by atoms with van der Waals surface area (Å²) in [5.74, 6) is 0.00284. The molecule has 0 aliphatic rings. The average Bonchev–Trinajstić information content (AvgIpc) is 2.37. The third-order valence-electron chi connectivity index (χ3n) is 3.17. The van der Waals surface area contributed by atoms with Crippen LogP contribution >= 0.6 is 0 Å². The zero-order valence-electron chi connectivity index (χ0n) is 11.5. The molecule has 3 N–H and O–H groups in total. The Morgan fingerprint density at radius 1 is 1.56 bits per heavy atom. The first-order valence-corrected chi connectivity index (χ1v) is 6.20. The lowest BCUT2D eigenvalue weighted by Crippen LogP contribution is -2.46. The van der Waals surface area contributed by atoms with E-state index in [4.69, 9.17) is 5.73 Å². The topological polar surface area (TPSA) is 71.2 Å². The molecule has 5 heteroatoms. The summed E-state index contributed by atoms with van der Waals surface area (Å²) in [6.45, 7) is 5.89. The van der Waals surface area contributed by atoms with Crippen molar-refractivity contribution in [3.63, 3.8) is 0 Å². The molecule has 0 aliphatic heterocycles. The Labute approximate surface area is 108 Å². The Kier molecular flexibility index (Phi) is 4.95. The van der Waals surface area contributed by atoms with Crippen LogP contribution in [0.15, 0.2) is 18.5 Å². The third kappa shape index (κ3) is 3.35. The first-order valence-electron chi connectivity index (χ1n) is 6.20. The molecule has 2 atom stereocenters. The quantitative estimate of drug-likeness (QED) is 0.828. The second-order valence-electron chi connectivity index (χ2n) is 4.54. The zero-order valence-corrected chi connectivity index (χ0v) is 11.5. The Morgan fingerprint density at radius 2 is 2.22 bits per heavy atom. The van der Waals surface area contributed by atoms with Crippen LogP contribution < -0.4 is 16.0 Å². The number of carbonyl (C=O) groups is 1. The zero-order chi connectivity index (χ0) is 13.7. The van der Waals surface area contributed by atoms with Gasteiger partial charge in [0.05, 0.1) is 17.6 Å². The number of nitrogens with one attached hydrogen (secondary N) is 1. The summed E-state index contributed by atoms with van der Waals surface area (Å²) in [4.78, 5) is 17.8. The van der Waals surface area contributed by atoms with Crippen molar-refractivity contribution in [1.82, 2.24) is 10.3 Å². The van der Waals surface area contributed by atoms with E-state index in [2.05, 4.69) is 10.3 Å². The van der Waals surface area contributed by atoms with Crippen LogP contribution in [0.3, 0.4) is 0 Å². The van der Waals surface area contributed by atoms with Crippen molar-refractivity contribution < 1.29 is 4.79 Å². The van der Waals surface area contributed by atoms with Crippen LogP contribution in [-0.4, -0.2) is 30.0 Å². The lowest BCUT2D eigenvalue weighted by Gasteiger charge is -2.28. The fourth-order valence-electron chi connectivity index (χ4n) is 1.57. The SMILES string of the molecule is CCC(C)NC(=O)C(C)N(C)c1ccncc1N. The molecule has 0 aromatic carbocycles. The maximum Gasteiger partial charge on any atom is 0.242 e. The molecule has 0 saturated heterocycles. The van der Waals surface area contributed by atoms with Crippen LogP contribution in [-0.2, 0) is 4.79 Å². The van der Waals surface area contributed by atoms with Crippen molar-refractivity contribution in [3.8, 4) is 0 Å². The standard InChI is InChI=1S/C13H22N4O/c1-5-9(2)16-13(18)10(3)17(4)12-6-7-15-8-11(12)14/h6-10H,5,14H2,1-4H3,(H,16,18). The Balaban J connectivity index is 2.75. The van der Waals surface area contributed by atoms with Crippen molar-refractivity contribution in [2.75, 3.05) is 17.7 Å². The van der Waals surface area contributed by atoms with E-state index in [0.29, 0.717) is 5.69 Å². The van der Waals surface area contributed by atoms with E-state index in [-0.39, 0.29) is 18.0 Å². The van der Waals surface area contributed by atoms with Crippen LogP contribution in [0.4, 0.5) is 11.4 Å². The monoisotopic (exact) mass is 250 g/mol. The highest BCUT2D eigenvalue weighted by Gasteiger charge is 2.20. The van der Waals surface area contributed by atoms with Gasteiger partial charge in [0.1, 0.15) is 6.04 Å². The Bertz CT molecular complexity index is 408. The molecule has 1 rings (SSSR count). The lowest BCUT2D eigenvalue weighted by molar-refractivity contribution is -0.122. The van der Waals surface area contributed by atoms with Gasteiger partial charge in [-0.1, -0.05) is 6.92 Å². The first-order chi connectivity index (χ1) is 8.47. The smallest absolute Gasteiger partial charge is 0.242 e. The van der Waals surface area contributed by atoms with Gasteiger partial charge in [0.25, 0.3) is 0 Å². The van der Waals surface area contributed by atoms with E-state index in [9.17, 15) is 4.79 Å². The average molecular weight is 250 g/mol. The Hall–Kier alpha value is -1.78. The van der Waals surface area contributed by atoms with Crippen molar-refractivity contribution in [2.24, 2.45) is 0 Å². The number of rotatable bonds is 5. The molecule has 1 amide bonds. The molecule has 0 spiro atoms. The predicted molar refractivity (Wildman–Crippen MR) is 74.4 cm³/mol. The number of anilines is 2. The van der Waals surface area contributed by atoms with E-state index in [1.807, 2.05) is 38.8 Å². The van der Waals surface area contributed by atoms with Crippen LogP contribution in [0.5, 0.6) is 0 Å². The molecule has 0 radical (unpaired) electrons. The molecule has 1 aromatic rings. The first kappa shape index (κ1) is 14.3. The van der Waals surface area contributed by atoms with E-state index < -0.39 is 0 Å². The fraction of sp³-hybridized carbons (Fsp3) is 0.538. The van der Waals surface area contributed by atoms with Gasteiger partial charge in [-0.25, -0.2) is 0 Å². The number of pyridine rings is 1. The number of aromatic nitrogens is 1. The lowest BCUT2D eigenvalue weighted by atomic mass is 10.2. The molecular formula is C13H22N4O. The third-order valence-corrected chi connectivity index (χ3v) is 3.17. The minimum absolute atomic E-state index is 0.00284. The second kappa shape index (κ2) is 6.23. The summed E-state index contributed by atoms with van der Waals surface area (Å²) in [6.07, 6.45) is 4.17. The molecular weight excluding hydrogens is 228 g/mol. The number of amides is 1. The number of carbonyl (C=O) groups excluding carboxylic acids is 1. The number of likely N-dealkylation sites (N-methyl/N-ethyl adjacent to an activating group) is 1. The van der Waals surface area contributed by atoms with Crippen molar-refractivity contribution in [2.45, 2.75) is 39.3 Å². The highest BCUT2D eigenvalue weighted by Crippen LogP contribution is 2.21. The van der Waals surface area contributed by atoms with Crippen molar-refractivity contribution in [3.05, 3.63) is 18.5 Å². The summed E-state index contributed by atoms with van der Waals surface area (Å²) in [5, 5.41) is 2.96. The number of hydrogen-bond donors (Lipinski definition) is 2.